The molecule has 0 aliphatic rings. The molecule has 0 aromatic heterocycles. The lowest BCUT2D eigenvalue weighted by Crippen LogP contribution is -1.97. The molecular formula is C10H10NO2. The van der Waals surface area contributed by atoms with Gasteiger partial charge in [0.15, 0.2) is 0 Å². The van der Waals surface area contributed by atoms with Crippen LogP contribution in [0.2, 0.25) is 0 Å². The topological polar surface area (TPSA) is 43.1 Å². The molecule has 0 aliphatic carbocycles. The van der Waals surface area contributed by atoms with Crippen LogP contribution in [0.5, 0.6) is 0 Å². The Morgan fingerprint density at radius 1 is 1.62 bits per heavy atom. The van der Waals surface area contributed by atoms with Crippen molar-refractivity contribution in [1.29, 1.82) is 0 Å². The minimum Gasteiger partial charge on any atom is -0.258 e. The molecule has 3 heteroatoms. The number of aryl methyl sites for hydroxylation is 1. The molecule has 1 radical (unpaired) electrons. The zero-order valence-corrected chi connectivity index (χ0v) is 7.41. The monoisotopic (exact) mass is 176 g/mol. The predicted octanol–water partition coefficient (Wildman–Crippen LogP) is 2.49. The molecule has 0 heterocycles. The van der Waals surface area contributed by atoms with E-state index in [-0.39, 0.29) is 10.6 Å². The van der Waals surface area contributed by atoms with E-state index < -0.39 is 0 Å². The third-order valence-corrected chi connectivity index (χ3v) is 1.87. The molecule has 0 aliphatic heterocycles. The maximum absolute atomic E-state index is 10.7. The standard InChI is InChI=1S/C10H10NO2/c1-3-8-6-5-7-9(4-2)10(8)11(12)13/h5-7H,1,4H2,2H3. The number of para-hydroxylation sites is 1. The van der Waals surface area contributed by atoms with Gasteiger partial charge < -0.3 is 0 Å². The van der Waals surface area contributed by atoms with Crippen LogP contribution in [0, 0.1) is 16.2 Å². The van der Waals surface area contributed by atoms with Crippen LogP contribution >= 0.6 is 0 Å². The molecule has 0 fully saturated rings. The lowest BCUT2D eigenvalue weighted by atomic mass is 10.1. The number of nitro groups is 1. The van der Waals surface area contributed by atoms with Gasteiger partial charge in [-0.25, -0.2) is 0 Å². The van der Waals surface area contributed by atoms with E-state index in [0.717, 1.165) is 5.56 Å². The molecule has 0 atom stereocenters. The predicted molar refractivity (Wildman–Crippen MR) is 50.4 cm³/mol. The van der Waals surface area contributed by atoms with E-state index in [2.05, 4.69) is 12.7 Å². The number of nitrogens with zero attached hydrogens (tertiary/aromatic N) is 1. The van der Waals surface area contributed by atoms with Gasteiger partial charge in [-0.15, -0.1) is 0 Å². The van der Waals surface area contributed by atoms with Gasteiger partial charge in [0.1, 0.15) is 0 Å². The van der Waals surface area contributed by atoms with Gasteiger partial charge >= 0.3 is 0 Å². The molecule has 0 N–H and O–H groups in total. The second-order valence-electron chi connectivity index (χ2n) is 2.60. The van der Waals surface area contributed by atoms with Gasteiger partial charge in [0, 0.05) is 5.56 Å². The second kappa shape index (κ2) is 3.85. The zero-order chi connectivity index (χ0) is 9.84. The maximum Gasteiger partial charge on any atom is 0.280 e. The van der Waals surface area contributed by atoms with Crippen LogP contribution in [0.3, 0.4) is 0 Å². The molecule has 13 heavy (non-hydrogen) atoms. The van der Waals surface area contributed by atoms with Gasteiger partial charge in [0.25, 0.3) is 5.69 Å². The fraction of sp³-hybridized carbons (Fsp3) is 0.200. The Morgan fingerprint density at radius 2 is 2.31 bits per heavy atom. The van der Waals surface area contributed by atoms with Crippen LogP contribution in [0.15, 0.2) is 24.8 Å². The van der Waals surface area contributed by atoms with Crippen molar-refractivity contribution in [2.24, 2.45) is 0 Å². The normalized spacial score (nSPS) is 9.62. The summed E-state index contributed by atoms with van der Waals surface area (Å²) in [6.07, 6.45) is 3.20. The quantitative estimate of drug-likeness (QED) is 0.524. The zero-order valence-electron chi connectivity index (χ0n) is 7.41. The molecule has 0 spiro atoms. The molecule has 1 aromatic carbocycles. The van der Waals surface area contributed by atoms with Crippen LogP contribution in [0.1, 0.15) is 18.1 Å². The van der Waals surface area contributed by atoms with Crippen LogP contribution in [-0.4, -0.2) is 4.92 Å². The smallest absolute Gasteiger partial charge is 0.258 e. The third kappa shape index (κ3) is 1.75. The van der Waals surface area contributed by atoms with Gasteiger partial charge in [-0.1, -0.05) is 25.6 Å². The molecule has 1 rings (SSSR count). The van der Waals surface area contributed by atoms with Crippen molar-refractivity contribution in [2.75, 3.05) is 0 Å². The van der Waals surface area contributed by atoms with Crippen LogP contribution in [0.4, 0.5) is 5.69 Å². The highest BCUT2D eigenvalue weighted by molar-refractivity contribution is 5.50. The average Bonchev–Trinajstić information content (AvgIpc) is 2.16. The Balaban J connectivity index is 3.38. The maximum atomic E-state index is 10.7. The van der Waals surface area contributed by atoms with E-state index >= 15 is 0 Å². The summed E-state index contributed by atoms with van der Waals surface area (Å²) in [4.78, 5) is 10.3. The Labute approximate surface area is 76.9 Å². The number of hydrogen-bond donors (Lipinski definition) is 0. The summed E-state index contributed by atoms with van der Waals surface area (Å²) in [5.74, 6) is 0. The van der Waals surface area contributed by atoms with E-state index in [9.17, 15) is 10.1 Å². The average molecular weight is 176 g/mol. The van der Waals surface area contributed by atoms with Crippen molar-refractivity contribution >= 4 is 5.69 Å². The summed E-state index contributed by atoms with van der Waals surface area (Å²) in [7, 11) is 0. The van der Waals surface area contributed by atoms with Gasteiger partial charge in [-0.2, -0.15) is 0 Å². The van der Waals surface area contributed by atoms with Gasteiger partial charge in [-0.05, 0) is 18.6 Å². The van der Waals surface area contributed by atoms with Crippen LogP contribution in [0.25, 0.3) is 0 Å². The first-order valence-electron chi connectivity index (χ1n) is 4.00. The van der Waals surface area contributed by atoms with Gasteiger partial charge in [-0.3, -0.25) is 10.1 Å². The highest BCUT2D eigenvalue weighted by Crippen LogP contribution is 2.23. The van der Waals surface area contributed by atoms with Crippen molar-refractivity contribution in [3.63, 3.8) is 0 Å². The lowest BCUT2D eigenvalue weighted by Gasteiger charge is -2.01. The van der Waals surface area contributed by atoms with Crippen molar-refractivity contribution in [3.8, 4) is 0 Å². The molecule has 0 saturated heterocycles. The Morgan fingerprint density at radius 3 is 2.77 bits per heavy atom. The Hall–Kier alpha value is -1.64. The number of nitro benzene ring substituents is 1. The van der Waals surface area contributed by atoms with Crippen molar-refractivity contribution in [2.45, 2.75) is 13.3 Å². The second-order valence-corrected chi connectivity index (χ2v) is 2.60. The summed E-state index contributed by atoms with van der Waals surface area (Å²) in [5.41, 5.74) is 1.31. The first-order valence-corrected chi connectivity index (χ1v) is 4.00. The Bertz CT molecular complexity index is 345. The first kappa shape index (κ1) is 9.45. The summed E-state index contributed by atoms with van der Waals surface area (Å²) in [5, 5.41) is 10.7. The Kier molecular flexibility index (Phi) is 2.80. The van der Waals surface area contributed by atoms with Gasteiger partial charge in [0.05, 0.1) is 10.5 Å². The van der Waals surface area contributed by atoms with Crippen LogP contribution < -0.4 is 0 Å². The van der Waals surface area contributed by atoms with Gasteiger partial charge in [0.2, 0.25) is 0 Å². The minimum absolute atomic E-state index is 0.125. The largest absolute Gasteiger partial charge is 0.280 e. The molecule has 0 unspecified atom stereocenters. The van der Waals surface area contributed by atoms with Crippen LogP contribution in [-0.2, 0) is 6.42 Å². The SMILES string of the molecule is C=[C]c1cccc(CC)c1[N+](=O)[O-]. The highest BCUT2D eigenvalue weighted by atomic mass is 16.6. The van der Waals surface area contributed by atoms with E-state index in [1.54, 1.807) is 18.2 Å². The third-order valence-electron chi connectivity index (χ3n) is 1.87. The molecule has 67 valence electrons. The van der Waals surface area contributed by atoms with E-state index in [4.69, 9.17) is 0 Å². The molecule has 1 aromatic rings. The van der Waals surface area contributed by atoms with Crippen molar-refractivity contribution < 1.29 is 4.92 Å². The number of benzene rings is 1. The molecule has 0 bridgehead atoms. The molecule has 0 amide bonds. The molecular weight excluding hydrogens is 166 g/mol. The first-order chi connectivity index (χ1) is 6.20. The number of rotatable bonds is 3. The van der Waals surface area contributed by atoms with Crippen molar-refractivity contribution in [3.05, 3.63) is 52.1 Å². The van der Waals surface area contributed by atoms with E-state index in [1.165, 1.54) is 0 Å². The summed E-state index contributed by atoms with van der Waals surface area (Å²) in [6, 6.07) is 5.17. The molecule has 0 saturated carbocycles. The van der Waals surface area contributed by atoms with E-state index in [1.807, 2.05) is 6.92 Å². The highest BCUT2D eigenvalue weighted by Gasteiger charge is 2.15. The fourth-order valence-corrected chi connectivity index (χ4v) is 1.23. The summed E-state index contributed by atoms with van der Waals surface area (Å²) in [6.45, 7) is 5.30. The lowest BCUT2D eigenvalue weighted by molar-refractivity contribution is -0.386. The van der Waals surface area contributed by atoms with Crippen molar-refractivity contribution in [1.82, 2.24) is 0 Å². The minimum atomic E-state index is -0.383. The summed E-state index contributed by atoms with van der Waals surface area (Å²) >= 11 is 0. The number of hydrogen-bond acceptors (Lipinski definition) is 2. The summed E-state index contributed by atoms with van der Waals surface area (Å²) < 4.78 is 0. The van der Waals surface area contributed by atoms with E-state index in [0.29, 0.717) is 12.0 Å². The molecule has 3 nitrogen and oxygen atoms in total. The fourth-order valence-electron chi connectivity index (χ4n) is 1.23.